The molecule has 1 aromatic rings. The highest BCUT2D eigenvalue weighted by Gasteiger charge is 2.19. The minimum Gasteiger partial charge on any atom is -0.383 e. The number of likely N-dealkylation sites (tertiary alicyclic amines) is 1. The van der Waals surface area contributed by atoms with Crippen molar-refractivity contribution < 1.29 is 4.74 Å². The van der Waals surface area contributed by atoms with Crippen LogP contribution in [0.15, 0.2) is 11.6 Å². The standard InChI is InChI=1S/C13H23N3OS/c1-17-8-4-14-10-12-2-6-16(7-3-12)11-13-15-5-9-18-13/h5,9,12,14H,2-4,6-8,10-11H2,1H3. The quantitative estimate of drug-likeness (QED) is 0.763. The Kier molecular flexibility index (Phi) is 6.07. The van der Waals surface area contributed by atoms with Gasteiger partial charge in [0, 0.05) is 25.2 Å². The van der Waals surface area contributed by atoms with Gasteiger partial charge in [0.2, 0.25) is 0 Å². The molecule has 102 valence electrons. The van der Waals surface area contributed by atoms with Gasteiger partial charge >= 0.3 is 0 Å². The van der Waals surface area contributed by atoms with Gasteiger partial charge in [-0.3, -0.25) is 4.90 Å². The lowest BCUT2D eigenvalue weighted by molar-refractivity contribution is 0.168. The molecule has 1 aliphatic heterocycles. The summed E-state index contributed by atoms with van der Waals surface area (Å²) in [5.41, 5.74) is 0. The summed E-state index contributed by atoms with van der Waals surface area (Å²) in [5, 5.41) is 6.76. The third-order valence-electron chi connectivity index (χ3n) is 3.47. The van der Waals surface area contributed by atoms with E-state index >= 15 is 0 Å². The second kappa shape index (κ2) is 7.84. The van der Waals surface area contributed by atoms with Gasteiger partial charge in [0.05, 0.1) is 13.2 Å². The molecule has 1 saturated heterocycles. The Labute approximate surface area is 113 Å². The van der Waals surface area contributed by atoms with Crippen molar-refractivity contribution in [1.29, 1.82) is 0 Å². The van der Waals surface area contributed by atoms with Crippen molar-refractivity contribution in [2.45, 2.75) is 19.4 Å². The van der Waals surface area contributed by atoms with Crippen LogP contribution in [-0.4, -0.2) is 49.8 Å². The molecule has 1 fully saturated rings. The molecule has 0 aromatic carbocycles. The second-order valence-electron chi connectivity index (χ2n) is 4.84. The molecule has 5 heteroatoms. The van der Waals surface area contributed by atoms with Gasteiger partial charge in [0.25, 0.3) is 0 Å². The highest BCUT2D eigenvalue weighted by atomic mass is 32.1. The minimum atomic E-state index is 0.808. The number of ether oxygens (including phenoxy) is 1. The minimum absolute atomic E-state index is 0.808. The van der Waals surface area contributed by atoms with E-state index in [1.54, 1.807) is 18.4 Å². The first kappa shape index (κ1) is 13.9. The highest BCUT2D eigenvalue weighted by Crippen LogP contribution is 2.18. The third kappa shape index (κ3) is 4.65. The summed E-state index contributed by atoms with van der Waals surface area (Å²) in [6.07, 6.45) is 4.49. The van der Waals surface area contributed by atoms with Crippen molar-refractivity contribution >= 4 is 11.3 Å². The zero-order valence-corrected chi connectivity index (χ0v) is 11.9. The Morgan fingerprint density at radius 1 is 1.50 bits per heavy atom. The van der Waals surface area contributed by atoms with E-state index in [-0.39, 0.29) is 0 Å². The van der Waals surface area contributed by atoms with Crippen LogP contribution >= 0.6 is 11.3 Å². The summed E-state index contributed by atoms with van der Waals surface area (Å²) in [6.45, 7) is 6.35. The fraction of sp³-hybridized carbons (Fsp3) is 0.769. The number of rotatable bonds is 7. The Balaban J connectivity index is 1.59. The molecule has 0 radical (unpaired) electrons. The number of hydrogen-bond donors (Lipinski definition) is 1. The lowest BCUT2D eigenvalue weighted by atomic mass is 9.97. The number of nitrogens with one attached hydrogen (secondary N) is 1. The molecular weight excluding hydrogens is 246 g/mol. The molecule has 1 N–H and O–H groups in total. The molecule has 0 atom stereocenters. The topological polar surface area (TPSA) is 37.4 Å². The van der Waals surface area contributed by atoms with Gasteiger partial charge in [0.15, 0.2) is 0 Å². The van der Waals surface area contributed by atoms with E-state index < -0.39 is 0 Å². The van der Waals surface area contributed by atoms with Crippen LogP contribution in [0.3, 0.4) is 0 Å². The number of hydrogen-bond acceptors (Lipinski definition) is 5. The first-order valence-corrected chi connectivity index (χ1v) is 7.57. The summed E-state index contributed by atoms with van der Waals surface area (Å²) in [5.74, 6) is 0.828. The average molecular weight is 269 g/mol. The third-order valence-corrected chi connectivity index (χ3v) is 4.23. The number of thiazole rings is 1. The number of nitrogens with zero attached hydrogens (tertiary/aromatic N) is 2. The normalized spacial score (nSPS) is 18.3. The van der Waals surface area contributed by atoms with Gasteiger partial charge < -0.3 is 10.1 Å². The molecule has 0 aliphatic carbocycles. The molecule has 18 heavy (non-hydrogen) atoms. The lowest BCUT2D eigenvalue weighted by Gasteiger charge is -2.31. The maximum atomic E-state index is 5.03. The van der Waals surface area contributed by atoms with Gasteiger partial charge in [-0.15, -0.1) is 11.3 Å². The molecular formula is C13H23N3OS. The SMILES string of the molecule is COCCNCC1CCN(Cc2nccs2)CC1. The maximum Gasteiger partial charge on any atom is 0.107 e. The van der Waals surface area contributed by atoms with E-state index in [2.05, 4.69) is 20.6 Å². The zero-order chi connectivity index (χ0) is 12.6. The molecule has 0 saturated carbocycles. The van der Waals surface area contributed by atoms with Crippen LogP contribution in [0.5, 0.6) is 0 Å². The lowest BCUT2D eigenvalue weighted by Crippen LogP contribution is -2.37. The van der Waals surface area contributed by atoms with Gasteiger partial charge in [-0.25, -0.2) is 4.98 Å². The van der Waals surface area contributed by atoms with Gasteiger partial charge in [-0.2, -0.15) is 0 Å². The summed E-state index contributed by atoms with van der Waals surface area (Å²) >= 11 is 1.76. The molecule has 0 unspecified atom stereocenters. The van der Waals surface area contributed by atoms with Crippen LogP contribution < -0.4 is 5.32 Å². The molecule has 4 nitrogen and oxygen atoms in total. The predicted molar refractivity (Wildman–Crippen MR) is 74.9 cm³/mol. The second-order valence-corrected chi connectivity index (χ2v) is 5.82. The van der Waals surface area contributed by atoms with Gasteiger partial charge in [-0.1, -0.05) is 0 Å². The molecule has 1 aromatic heterocycles. The number of piperidine rings is 1. The average Bonchev–Trinajstić information content (AvgIpc) is 2.89. The number of aromatic nitrogens is 1. The molecule has 0 spiro atoms. The van der Waals surface area contributed by atoms with Crippen LogP contribution in [0.25, 0.3) is 0 Å². The maximum absolute atomic E-state index is 5.03. The van der Waals surface area contributed by atoms with Crippen molar-refractivity contribution in [2.24, 2.45) is 5.92 Å². The molecule has 2 rings (SSSR count). The monoisotopic (exact) mass is 269 g/mol. The van der Waals surface area contributed by atoms with E-state index in [9.17, 15) is 0 Å². The summed E-state index contributed by atoms with van der Waals surface area (Å²) in [7, 11) is 1.75. The van der Waals surface area contributed by atoms with Gasteiger partial charge in [-0.05, 0) is 38.4 Å². The van der Waals surface area contributed by atoms with Crippen molar-refractivity contribution in [3.63, 3.8) is 0 Å². The van der Waals surface area contributed by atoms with Crippen molar-refractivity contribution in [3.05, 3.63) is 16.6 Å². The van der Waals surface area contributed by atoms with E-state index in [0.29, 0.717) is 0 Å². The van der Waals surface area contributed by atoms with Crippen LogP contribution in [-0.2, 0) is 11.3 Å². The Bertz CT molecular complexity index is 310. The van der Waals surface area contributed by atoms with Crippen LogP contribution in [0, 0.1) is 5.92 Å². The van der Waals surface area contributed by atoms with E-state index in [1.165, 1.54) is 30.9 Å². The van der Waals surface area contributed by atoms with Crippen LogP contribution in [0.4, 0.5) is 0 Å². The Morgan fingerprint density at radius 2 is 2.33 bits per heavy atom. The zero-order valence-electron chi connectivity index (χ0n) is 11.1. The summed E-state index contributed by atoms with van der Waals surface area (Å²) in [4.78, 5) is 6.87. The fourth-order valence-corrected chi connectivity index (χ4v) is 3.01. The van der Waals surface area contributed by atoms with E-state index in [4.69, 9.17) is 4.74 Å². The molecule has 0 amide bonds. The van der Waals surface area contributed by atoms with Crippen LogP contribution in [0.1, 0.15) is 17.8 Å². The highest BCUT2D eigenvalue weighted by molar-refractivity contribution is 7.09. The smallest absolute Gasteiger partial charge is 0.107 e. The van der Waals surface area contributed by atoms with Gasteiger partial charge in [0.1, 0.15) is 5.01 Å². The molecule has 0 bridgehead atoms. The largest absolute Gasteiger partial charge is 0.383 e. The van der Waals surface area contributed by atoms with Crippen molar-refractivity contribution in [2.75, 3.05) is 39.9 Å². The van der Waals surface area contributed by atoms with Crippen molar-refractivity contribution in [3.8, 4) is 0 Å². The summed E-state index contributed by atoms with van der Waals surface area (Å²) in [6, 6.07) is 0. The van der Waals surface area contributed by atoms with Crippen LogP contribution in [0.2, 0.25) is 0 Å². The fourth-order valence-electron chi connectivity index (χ4n) is 2.35. The van der Waals surface area contributed by atoms with E-state index in [0.717, 1.165) is 32.2 Å². The molecule has 1 aliphatic rings. The number of methoxy groups -OCH3 is 1. The van der Waals surface area contributed by atoms with Crippen molar-refractivity contribution in [1.82, 2.24) is 15.2 Å². The first-order chi connectivity index (χ1) is 8.88. The first-order valence-electron chi connectivity index (χ1n) is 6.69. The predicted octanol–water partition coefficient (Wildman–Crippen LogP) is 1.59. The Hall–Kier alpha value is -0.490. The van der Waals surface area contributed by atoms with E-state index in [1.807, 2.05) is 6.20 Å². The summed E-state index contributed by atoms with van der Waals surface area (Å²) < 4.78 is 5.03. The molecule has 2 heterocycles. The Morgan fingerprint density at radius 3 is 3.00 bits per heavy atom.